The van der Waals surface area contributed by atoms with E-state index in [-0.39, 0.29) is 23.0 Å². The Morgan fingerprint density at radius 3 is 2.56 bits per heavy atom. The molecule has 0 bridgehead atoms. The fourth-order valence-corrected chi connectivity index (χ4v) is 2.03. The molecule has 0 aromatic heterocycles. The minimum absolute atomic E-state index is 0.147. The van der Waals surface area contributed by atoms with Gasteiger partial charge in [-0.3, -0.25) is 9.79 Å². The summed E-state index contributed by atoms with van der Waals surface area (Å²) in [5.41, 5.74) is 0.202. The Kier molecular flexibility index (Phi) is 3.00. The van der Waals surface area contributed by atoms with Crippen LogP contribution >= 0.6 is 11.8 Å². The maximum atomic E-state index is 11.7. The van der Waals surface area contributed by atoms with Gasteiger partial charge in [0.1, 0.15) is 11.5 Å². The third kappa shape index (κ3) is 2.46. The van der Waals surface area contributed by atoms with Crippen molar-refractivity contribution in [3.05, 3.63) is 23.8 Å². The number of carbonyl (C=O) groups excluding carboxylic acids is 1. The van der Waals surface area contributed by atoms with Gasteiger partial charge in [-0.25, -0.2) is 0 Å². The maximum absolute atomic E-state index is 11.7. The molecule has 0 saturated carbocycles. The second kappa shape index (κ2) is 4.44. The summed E-state index contributed by atoms with van der Waals surface area (Å²) < 4.78 is 0. The Balaban J connectivity index is 2.14. The molecule has 0 unspecified atom stereocenters. The monoisotopic (exact) mass is 238 g/mol. The van der Waals surface area contributed by atoms with E-state index < -0.39 is 0 Å². The van der Waals surface area contributed by atoms with Crippen molar-refractivity contribution in [2.45, 2.75) is 0 Å². The van der Waals surface area contributed by atoms with E-state index in [2.05, 4.69) is 10.3 Å². The van der Waals surface area contributed by atoms with Crippen LogP contribution in [0.15, 0.2) is 23.2 Å². The van der Waals surface area contributed by atoms with Crippen molar-refractivity contribution in [2.24, 2.45) is 4.99 Å². The third-order valence-corrected chi connectivity index (χ3v) is 2.86. The van der Waals surface area contributed by atoms with Gasteiger partial charge >= 0.3 is 0 Å². The summed E-state index contributed by atoms with van der Waals surface area (Å²) in [5, 5.41) is 21.6. The van der Waals surface area contributed by atoms with Gasteiger partial charge < -0.3 is 15.5 Å². The lowest BCUT2D eigenvalue weighted by atomic mass is 10.2. The SMILES string of the molecule is O=C(NC1=NCCS1)c1cc(O)cc(O)c1. The molecule has 1 aromatic rings. The molecule has 0 aliphatic carbocycles. The molecule has 3 N–H and O–H groups in total. The van der Waals surface area contributed by atoms with Gasteiger partial charge in [0.25, 0.3) is 5.91 Å². The fourth-order valence-electron chi connectivity index (χ4n) is 1.31. The molecule has 1 aliphatic rings. The number of benzene rings is 1. The van der Waals surface area contributed by atoms with Gasteiger partial charge in [-0.1, -0.05) is 11.8 Å². The van der Waals surface area contributed by atoms with Gasteiger partial charge in [0.2, 0.25) is 0 Å². The van der Waals surface area contributed by atoms with Crippen LogP contribution < -0.4 is 5.32 Å². The van der Waals surface area contributed by atoms with Crippen molar-refractivity contribution >= 4 is 22.8 Å². The number of amidine groups is 1. The molecule has 0 fully saturated rings. The zero-order chi connectivity index (χ0) is 11.5. The molecular formula is C10H10N2O3S. The summed E-state index contributed by atoms with van der Waals surface area (Å²) >= 11 is 1.47. The van der Waals surface area contributed by atoms with Gasteiger partial charge in [0.05, 0.1) is 6.54 Å². The summed E-state index contributed by atoms with van der Waals surface area (Å²) in [4.78, 5) is 15.7. The highest BCUT2D eigenvalue weighted by molar-refractivity contribution is 8.14. The van der Waals surface area contributed by atoms with Crippen molar-refractivity contribution in [3.63, 3.8) is 0 Å². The second-order valence-corrected chi connectivity index (χ2v) is 4.31. The molecule has 1 aromatic carbocycles. The van der Waals surface area contributed by atoms with Crippen LogP contribution in [0.4, 0.5) is 0 Å². The minimum atomic E-state index is -0.389. The number of carbonyl (C=O) groups is 1. The Hall–Kier alpha value is -1.69. The van der Waals surface area contributed by atoms with E-state index >= 15 is 0 Å². The van der Waals surface area contributed by atoms with Crippen molar-refractivity contribution in [2.75, 3.05) is 12.3 Å². The van der Waals surface area contributed by atoms with Crippen molar-refractivity contribution < 1.29 is 15.0 Å². The molecule has 1 aliphatic heterocycles. The summed E-state index contributed by atoms with van der Waals surface area (Å²) in [5.74, 6) is 0.178. The van der Waals surface area contributed by atoms with E-state index in [1.165, 1.54) is 30.0 Å². The highest BCUT2D eigenvalue weighted by Crippen LogP contribution is 2.20. The maximum Gasteiger partial charge on any atom is 0.257 e. The van der Waals surface area contributed by atoms with E-state index in [0.29, 0.717) is 11.7 Å². The van der Waals surface area contributed by atoms with Crippen LogP contribution in [-0.2, 0) is 0 Å². The van der Waals surface area contributed by atoms with Crippen molar-refractivity contribution in [1.82, 2.24) is 5.32 Å². The molecule has 0 atom stereocenters. The van der Waals surface area contributed by atoms with Gasteiger partial charge in [-0.15, -0.1) is 0 Å². The number of aromatic hydroxyl groups is 2. The molecule has 6 heteroatoms. The smallest absolute Gasteiger partial charge is 0.257 e. The molecule has 0 saturated heterocycles. The summed E-state index contributed by atoms with van der Waals surface area (Å²) in [6, 6.07) is 3.74. The van der Waals surface area contributed by atoms with Crippen LogP contribution in [0.2, 0.25) is 0 Å². The molecule has 84 valence electrons. The van der Waals surface area contributed by atoms with Gasteiger partial charge in [0.15, 0.2) is 5.17 Å². The van der Waals surface area contributed by atoms with Crippen molar-refractivity contribution in [1.29, 1.82) is 0 Å². The number of nitrogens with zero attached hydrogens (tertiary/aromatic N) is 1. The highest BCUT2D eigenvalue weighted by Gasteiger charge is 2.13. The number of hydrogen-bond acceptors (Lipinski definition) is 5. The first kappa shape index (κ1) is 10.8. The average Bonchev–Trinajstić information content (AvgIpc) is 2.68. The summed E-state index contributed by atoms with van der Waals surface area (Å²) in [6.07, 6.45) is 0. The van der Waals surface area contributed by atoms with Crippen LogP contribution in [0.1, 0.15) is 10.4 Å². The number of thioether (sulfide) groups is 1. The Morgan fingerprint density at radius 2 is 2.00 bits per heavy atom. The molecule has 1 heterocycles. The lowest BCUT2D eigenvalue weighted by molar-refractivity contribution is 0.0977. The van der Waals surface area contributed by atoms with Crippen LogP contribution in [0.25, 0.3) is 0 Å². The molecule has 1 amide bonds. The normalized spacial score (nSPS) is 14.6. The quantitative estimate of drug-likeness (QED) is 0.679. The fraction of sp³-hybridized carbons (Fsp3) is 0.200. The number of amides is 1. The molecule has 0 radical (unpaired) electrons. The van der Waals surface area contributed by atoms with Crippen LogP contribution in [0.5, 0.6) is 11.5 Å². The highest BCUT2D eigenvalue weighted by atomic mass is 32.2. The van der Waals surface area contributed by atoms with Gasteiger partial charge in [0, 0.05) is 17.4 Å². The number of aliphatic imine (C=N–C) groups is 1. The third-order valence-electron chi connectivity index (χ3n) is 1.97. The first-order chi connectivity index (χ1) is 7.65. The Bertz CT molecular complexity index is 439. The van der Waals surface area contributed by atoms with Crippen molar-refractivity contribution in [3.8, 4) is 11.5 Å². The topological polar surface area (TPSA) is 81.9 Å². The summed E-state index contributed by atoms with van der Waals surface area (Å²) in [6.45, 7) is 0.700. The molecule has 0 spiro atoms. The van der Waals surface area contributed by atoms with E-state index in [0.717, 1.165) is 5.75 Å². The van der Waals surface area contributed by atoms with Gasteiger partial charge in [-0.05, 0) is 12.1 Å². The Morgan fingerprint density at radius 1 is 1.31 bits per heavy atom. The zero-order valence-electron chi connectivity index (χ0n) is 8.30. The van der Waals surface area contributed by atoms with E-state index in [9.17, 15) is 15.0 Å². The lowest BCUT2D eigenvalue weighted by Crippen LogP contribution is -2.27. The molecule has 2 rings (SSSR count). The number of phenols is 2. The predicted molar refractivity (Wildman–Crippen MR) is 62.0 cm³/mol. The first-order valence-electron chi connectivity index (χ1n) is 4.67. The van der Waals surface area contributed by atoms with Gasteiger partial charge in [-0.2, -0.15) is 0 Å². The van der Waals surface area contributed by atoms with Crippen LogP contribution in [-0.4, -0.2) is 33.6 Å². The van der Waals surface area contributed by atoms with E-state index in [1.807, 2.05) is 0 Å². The summed E-state index contributed by atoms with van der Waals surface area (Å²) in [7, 11) is 0. The van der Waals surface area contributed by atoms with Crippen LogP contribution in [0, 0.1) is 0 Å². The molecule has 5 nitrogen and oxygen atoms in total. The van der Waals surface area contributed by atoms with Crippen LogP contribution in [0.3, 0.4) is 0 Å². The van der Waals surface area contributed by atoms with E-state index in [1.54, 1.807) is 0 Å². The average molecular weight is 238 g/mol. The number of rotatable bonds is 1. The molecular weight excluding hydrogens is 228 g/mol. The number of phenolic OH excluding ortho intramolecular Hbond substituents is 2. The lowest BCUT2D eigenvalue weighted by Gasteiger charge is -2.04. The Labute approximate surface area is 96.2 Å². The standard InChI is InChI=1S/C10H10N2O3S/c13-7-3-6(4-8(14)5-7)9(15)12-10-11-1-2-16-10/h3-5,13-14H,1-2H2,(H,11,12,15). The molecule has 16 heavy (non-hydrogen) atoms. The minimum Gasteiger partial charge on any atom is -0.508 e. The predicted octanol–water partition coefficient (Wildman–Crippen LogP) is 0.930. The first-order valence-corrected chi connectivity index (χ1v) is 5.65. The zero-order valence-corrected chi connectivity index (χ0v) is 9.12. The largest absolute Gasteiger partial charge is 0.508 e. The number of hydrogen-bond donors (Lipinski definition) is 3. The van der Waals surface area contributed by atoms with E-state index in [4.69, 9.17) is 0 Å². The number of nitrogens with one attached hydrogen (secondary N) is 1. The second-order valence-electron chi connectivity index (χ2n) is 3.23.